The van der Waals surface area contributed by atoms with Gasteiger partial charge in [0.05, 0.1) is 24.7 Å². The molecule has 0 saturated carbocycles. The second-order valence-corrected chi connectivity index (χ2v) is 7.10. The lowest BCUT2D eigenvalue weighted by atomic mass is 10.0. The summed E-state index contributed by atoms with van der Waals surface area (Å²) < 4.78 is 31.8. The van der Waals surface area contributed by atoms with E-state index in [1.165, 1.54) is 0 Å². The molecule has 7 heteroatoms. The maximum absolute atomic E-state index is 12.2. The van der Waals surface area contributed by atoms with E-state index in [4.69, 9.17) is 15.6 Å². The van der Waals surface area contributed by atoms with Crippen LogP contribution in [0.4, 0.5) is 5.69 Å². The van der Waals surface area contributed by atoms with Crippen LogP contribution in [0.15, 0.2) is 47.4 Å². The first-order valence-corrected chi connectivity index (χ1v) is 9.07. The van der Waals surface area contributed by atoms with Crippen molar-refractivity contribution in [2.45, 2.75) is 11.8 Å². The summed E-state index contributed by atoms with van der Waals surface area (Å²) in [6.07, 6.45) is 0. The van der Waals surface area contributed by atoms with Crippen molar-refractivity contribution in [3.05, 3.63) is 48.0 Å². The number of aliphatic hydroxyl groups excluding tert-OH is 1. The Morgan fingerprint density at radius 2 is 1.75 bits per heavy atom. The molecule has 0 atom stereocenters. The number of sulfonamides is 1. The Hall–Kier alpha value is -1.93. The van der Waals surface area contributed by atoms with Gasteiger partial charge in [0.2, 0.25) is 10.0 Å². The molecule has 130 valence electrons. The van der Waals surface area contributed by atoms with E-state index in [1.807, 2.05) is 25.1 Å². The number of ether oxygens (including phenoxy) is 1. The topological polar surface area (TPSA) is 102 Å². The third-order valence-corrected chi connectivity index (χ3v) is 5.03. The van der Waals surface area contributed by atoms with Gasteiger partial charge >= 0.3 is 0 Å². The summed E-state index contributed by atoms with van der Waals surface area (Å²) in [6, 6.07) is 12.4. The number of nitrogens with two attached hydrogens (primary N) is 1. The molecule has 0 bridgehead atoms. The first kappa shape index (κ1) is 18.4. The van der Waals surface area contributed by atoms with Crippen LogP contribution in [0.25, 0.3) is 11.1 Å². The van der Waals surface area contributed by atoms with Crippen molar-refractivity contribution >= 4 is 15.7 Å². The smallest absolute Gasteiger partial charge is 0.240 e. The van der Waals surface area contributed by atoms with Crippen molar-refractivity contribution in [1.29, 1.82) is 0 Å². The third-order valence-electron chi connectivity index (χ3n) is 3.55. The number of hydrogen-bond acceptors (Lipinski definition) is 5. The van der Waals surface area contributed by atoms with Crippen LogP contribution >= 0.6 is 0 Å². The predicted molar refractivity (Wildman–Crippen MR) is 94.1 cm³/mol. The van der Waals surface area contributed by atoms with Gasteiger partial charge < -0.3 is 15.6 Å². The van der Waals surface area contributed by atoms with Crippen molar-refractivity contribution < 1.29 is 18.3 Å². The van der Waals surface area contributed by atoms with Crippen molar-refractivity contribution in [2.24, 2.45) is 0 Å². The minimum atomic E-state index is -3.58. The van der Waals surface area contributed by atoms with Crippen molar-refractivity contribution in [3.63, 3.8) is 0 Å². The lowest BCUT2D eigenvalue weighted by molar-refractivity contribution is 0.0961. The third kappa shape index (κ3) is 4.78. The largest absolute Gasteiger partial charge is 0.398 e. The van der Waals surface area contributed by atoms with Gasteiger partial charge in [0.1, 0.15) is 0 Å². The molecular formula is C17H22N2O4S. The molecule has 0 saturated heterocycles. The Kier molecular flexibility index (Phi) is 6.33. The van der Waals surface area contributed by atoms with Gasteiger partial charge in [-0.05, 0) is 41.8 Å². The van der Waals surface area contributed by atoms with E-state index >= 15 is 0 Å². The van der Waals surface area contributed by atoms with Gasteiger partial charge in [-0.3, -0.25) is 0 Å². The van der Waals surface area contributed by atoms with Crippen molar-refractivity contribution in [1.82, 2.24) is 4.72 Å². The zero-order chi connectivity index (χ0) is 17.6. The summed E-state index contributed by atoms with van der Waals surface area (Å²) in [4.78, 5) is 0.188. The second kappa shape index (κ2) is 8.25. The minimum absolute atomic E-state index is 0.0856. The molecule has 2 aromatic rings. The summed E-state index contributed by atoms with van der Waals surface area (Å²) in [5.74, 6) is 0. The van der Waals surface area contributed by atoms with Gasteiger partial charge in [0.25, 0.3) is 0 Å². The standard InChI is InChI=1S/C17H22N2O4S/c1-13-2-3-15(12-17(13)18)14-4-6-16(7-5-14)24(21,22)19-8-10-23-11-9-20/h2-7,12,19-20H,8-11,18H2,1H3. The molecule has 2 rings (SSSR count). The fourth-order valence-electron chi connectivity index (χ4n) is 2.14. The summed E-state index contributed by atoms with van der Waals surface area (Å²) in [5, 5.41) is 8.58. The normalized spacial score (nSPS) is 11.6. The number of nitrogen functional groups attached to an aromatic ring is 1. The molecule has 0 radical (unpaired) electrons. The van der Waals surface area contributed by atoms with Crippen molar-refractivity contribution in [3.8, 4) is 11.1 Å². The molecule has 0 aliphatic carbocycles. The van der Waals surface area contributed by atoms with Gasteiger partial charge in [0.15, 0.2) is 0 Å². The molecule has 2 aromatic carbocycles. The number of rotatable bonds is 8. The first-order chi connectivity index (χ1) is 11.4. The van der Waals surface area contributed by atoms with Crippen LogP contribution in [-0.2, 0) is 14.8 Å². The van der Waals surface area contributed by atoms with Crippen molar-refractivity contribution in [2.75, 3.05) is 32.1 Å². The van der Waals surface area contributed by atoms with E-state index in [0.29, 0.717) is 5.69 Å². The molecule has 0 aliphatic rings. The molecule has 0 spiro atoms. The molecule has 0 fully saturated rings. The Bertz CT molecular complexity index is 774. The van der Waals surface area contributed by atoms with Gasteiger partial charge in [-0.15, -0.1) is 0 Å². The summed E-state index contributed by atoms with van der Waals surface area (Å²) >= 11 is 0. The number of aryl methyl sites for hydroxylation is 1. The number of hydrogen-bond donors (Lipinski definition) is 3. The lowest BCUT2D eigenvalue weighted by Gasteiger charge is -2.09. The molecule has 0 aromatic heterocycles. The maximum Gasteiger partial charge on any atom is 0.240 e. The number of anilines is 1. The Morgan fingerprint density at radius 3 is 2.38 bits per heavy atom. The first-order valence-electron chi connectivity index (χ1n) is 7.59. The Morgan fingerprint density at radius 1 is 1.08 bits per heavy atom. The predicted octanol–water partition coefficient (Wildman–Crippen LogP) is 1.53. The van der Waals surface area contributed by atoms with E-state index in [9.17, 15) is 8.42 Å². The SMILES string of the molecule is Cc1ccc(-c2ccc(S(=O)(=O)NCCOCCO)cc2)cc1N. The number of aliphatic hydroxyl groups is 1. The van der Waals surface area contributed by atoms with Gasteiger partial charge in [-0.2, -0.15) is 0 Å². The molecule has 24 heavy (non-hydrogen) atoms. The molecule has 6 nitrogen and oxygen atoms in total. The van der Waals surface area contributed by atoms with E-state index < -0.39 is 10.0 Å². The van der Waals surface area contributed by atoms with Gasteiger partial charge in [-0.1, -0.05) is 24.3 Å². The number of nitrogens with one attached hydrogen (secondary N) is 1. The Balaban J connectivity index is 2.06. The van der Waals surface area contributed by atoms with Crippen LogP contribution in [0, 0.1) is 6.92 Å². The maximum atomic E-state index is 12.2. The number of benzene rings is 2. The van der Waals surface area contributed by atoms with E-state index in [0.717, 1.165) is 16.7 Å². The average molecular weight is 350 g/mol. The average Bonchev–Trinajstić information content (AvgIpc) is 2.57. The highest BCUT2D eigenvalue weighted by Crippen LogP contribution is 2.24. The highest BCUT2D eigenvalue weighted by molar-refractivity contribution is 7.89. The second-order valence-electron chi connectivity index (χ2n) is 5.33. The van der Waals surface area contributed by atoms with Crippen LogP contribution in [0.1, 0.15) is 5.56 Å². The zero-order valence-electron chi connectivity index (χ0n) is 13.5. The molecule has 0 unspecified atom stereocenters. The molecule has 0 aliphatic heterocycles. The van der Waals surface area contributed by atoms with Crippen LogP contribution in [0.5, 0.6) is 0 Å². The van der Waals surface area contributed by atoms with Crippen LogP contribution in [0.2, 0.25) is 0 Å². The highest BCUT2D eigenvalue weighted by atomic mass is 32.2. The minimum Gasteiger partial charge on any atom is -0.398 e. The van der Waals surface area contributed by atoms with Crippen LogP contribution in [-0.4, -0.2) is 39.9 Å². The molecule has 4 N–H and O–H groups in total. The Labute approximate surface area is 142 Å². The molecule has 0 amide bonds. The summed E-state index contributed by atoms with van der Waals surface area (Å²) in [6.45, 7) is 2.40. The lowest BCUT2D eigenvalue weighted by Crippen LogP contribution is -2.27. The summed E-state index contributed by atoms with van der Waals surface area (Å²) in [7, 11) is -3.58. The van der Waals surface area contributed by atoms with E-state index in [1.54, 1.807) is 24.3 Å². The fraction of sp³-hybridized carbons (Fsp3) is 0.294. The van der Waals surface area contributed by atoms with Crippen LogP contribution in [0.3, 0.4) is 0 Å². The zero-order valence-corrected chi connectivity index (χ0v) is 14.3. The fourth-order valence-corrected chi connectivity index (χ4v) is 3.16. The molecule has 0 heterocycles. The monoisotopic (exact) mass is 350 g/mol. The van der Waals surface area contributed by atoms with Gasteiger partial charge in [0, 0.05) is 12.2 Å². The van der Waals surface area contributed by atoms with E-state index in [2.05, 4.69) is 4.72 Å². The quantitative estimate of drug-likeness (QED) is 0.495. The van der Waals surface area contributed by atoms with Crippen LogP contribution < -0.4 is 10.5 Å². The highest BCUT2D eigenvalue weighted by Gasteiger charge is 2.13. The van der Waals surface area contributed by atoms with E-state index in [-0.39, 0.29) is 31.3 Å². The van der Waals surface area contributed by atoms with Gasteiger partial charge in [-0.25, -0.2) is 13.1 Å². The summed E-state index contributed by atoms with van der Waals surface area (Å²) in [5.41, 5.74) is 9.45. The molecular weight excluding hydrogens is 328 g/mol.